The van der Waals surface area contributed by atoms with Crippen LogP contribution in [0.3, 0.4) is 0 Å². The fourth-order valence-electron chi connectivity index (χ4n) is 4.98. The molecule has 0 spiro atoms. The van der Waals surface area contributed by atoms with Crippen molar-refractivity contribution in [1.29, 1.82) is 0 Å². The second-order valence-electron chi connectivity index (χ2n) is 8.71. The molecule has 2 saturated heterocycles. The van der Waals surface area contributed by atoms with Crippen molar-refractivity contribution in [2.24, 2.45) is 10.4 Å². The number of ether oxygens (including phenoxy) is 2. The van der Waals surface area contributed by atoms with E-state index < -0.39 is 0 Å². The number of rotatable bonds is 8. The average molecular weight is 397 g/mol. The minimum absolute atomic E-state index is 0.0101. The van der Waals surface area contributed by atoms with Gasteiger partial charge in [0.15, 0.2) is 5.96 Å². The van der Waals surface area contributed by atoms with Gasteiger partial charge in [-0.25, -0.2) is 0 Å². The average Bonchev–Trinajstić information content (AvgIpc) is 3.20. The molecule has 3 aliphatic rings. The molecule has 162 valence electrons. The van der Waals surface area contributed by atoms with E-state index in [1.54, 1.807) is 0 Å². The van der Waals surface area contributed by atoms with Crippen molar-refractivity contribution in [1.82, 2.24) is 15.5 Å². The van der Waals surface area contributed by atoms with E-state index in [4.69, 9.17) is 14.5 Å². The third-order valence-electron chi connectivity index (χ3n) is 6.79. The van der Waals surface area contributed by atoms with Crippen molar-refractivity contribution >= 4 is 5.96 Å². The maximum atomic E-state index is 9.46. The van der Waals surface area contributed by atoms with Crippen molar-refractivity contribution in [3.8, 4) is 0 Å². The number of guanidine groups is 1. The van der Waals surface area contributed by atoms with Gasteiger partial charge in [0, 0.05) is 50.3 Å². The molecule has 1 unspecified atom stereocenters. The first-order valence-electron chi connectivity index (χ1n) is 11.3. The molecule has 1 atom stereocenters. The van der Waals surface area contributed by atoms with E-state index in [9.17, 15) is 5.11 Å². The van der Waals surface area contributed by atoms with Crippen LogP contribution in [0.4, 0.5) is 0 Å². The topological polar surface area (TPSA) is 78.4 Å². The molecule has 3 N–H and O–H groups in total. The van der Waals surface area contributed by atoms with Gasteiger partial charge in [-0.15, -0.1) is 0 Å². The fourth-order valence-corrected chi connectivity index (χ4v) is 4.98. The van der Waals surface area contributed by atoms with Gasteiger partial charge in [0.25, 0.3) is 0 Å². The van der Waals surface area contributed by atoms with Gasteiger partial charge >= 0.3 is 0 Å². The van der Waals surface area contributed by atoms with Crippen molar-refractivity contribution in [3.05, 3.63) is 0 Å². The normalized spacial score (nSPS) is 29.0. The highest BCUT2D eigenvalue weighted by Gasteiger charge is 2.39. The number of nitrogens with zero attached hydrogens (tertiary/aromatic N) is 2. The number of aliphatic imine (C=N–C) groups is 1. The number of morpholine rings is 1. The largest absolute Gasteiger partial charge is 0.396 e. The summed E-state index contributed by atoms with van der Waals surface area (Å²) in [6.45, 7) is 10.0. The van der Waals surface area contributed by atoms with E-state index in [1.165, 1.54) is 32.1 Å². The molecule has 0 aromatic rings. The van der Waals surface area contributed by atoms with Gasteiger partial charge in [-0.05, 0) is 32.6 Å². The number of aliphatic hydroxyl groups excluding tert-OH is 1. The lowest BCUT2D eigenvalue weighted by molar-refractivity contribution is -0.0352. The minimum atomic E-state index is -0.0101. The summed E-state index contributed by atoms with van der Waals surface area (Å²) >= 11 is 0. The molecule has 2 aliphatic heterocycles. The Labute approximate surface area is 170 Å². The Morgan fingerprint density at radius 3 is 2.46 bits per heavy atom. The Bertz CT molecular complexity index is 482. The molecule has 3 rings (SSSR count). The molecule has 1 saturated carbocycles. The van der Waals surface area contributed by atoms with Crippen LogP contribution in [0.5, 0.6) is 0 Å². The second-order valence-corrected chi connectivity index (χ2v) is 8.71. The van der Waals surface area contributed by atoms with Gasteiger partial charge in [-0.2, -0.15) is 0 Å². The smallest absolute Gasteiger partial charge is 0.191 e. The van der Waals surface area contributed by atoms with E-state index >= 15 is 0 Å². The van der Waals surface area contributed by atoms with E-state index in [0.717, 1.165) is 64.8 Å². The summed E-state index contributed by atoms with van der Waals surface area (Å²) in [5.41, 5.74) is 0.210. The summed E-state index contributed by atoms with van der Waals surface area (Å²) in [5.74, 6) is 0.893. The monoisotopic (exact) mass is 396 g/mol. The highest BCUT2D eigenvalue weighted by molar-refractivity contribution is 5.79. The number of hydrogen-bond acceptors (Lipinski definition) is 5. The van der Waals surface area contributed by atoms with Crippen molar-refractivity contribution in [2.75, 3.05) is 65.8 Å². The van der Waals surface area contributed by atoms with Gasteiger partial charge in [-0.1, -0.05) is 19.3 Å². The Hall–Kier alpha value is -0.890. The molecule has 1 aliphatic carbocycles. The summed E-state index contributed by atoms with van der Waals surface area (Å²) in [6.07, 6.45) is 8.21. The summed E-state index contributed by atoms with van der Waals surface area (Å²) in [7, 11) is 0. The van der Waals surface area contributed by atoms with Crippen LogP contribution in [0.2, 0.25) is 0 Å². The highest BCUT2D eigenvalue weighted by atomic mass is 16.5. The number of aliphatic hydroxyl groups is 1. The predicted molar refractivity (Wildman–Crippen MR) is 112 cm³/mol. The summed E-state index contributed by atoms with van der Waals surface area (Å²) < 4.78 is 11.2. The van der Waals surface area contributed by atoms with Gasteiger partial charge in [0.05, 0.1) is 26.4 Å². The van der Waals surface area contributed by atoms with Gasteiger partial charge in [-0.3, -0.25) is 9.89 Å². The molecule has 7 nitrogen and oxygen atoms in total. The van der Waals surface area contributed by atoms with E-state index in [1.807, 2.05) is 0 Å². The van der Waals surface area contributed by atoms with Crippen LogP contribution < -0.4 is 10.6 Å². The SMILES string of the molecule is CCNC(=NCC1(CCO)CCOC1)NCC1(N2CCOCC2)CCCCC1. The summed E-state index contributed by atoms with van der Waals surface area (Å²) in [4.78, 5) is 7.56. The first-order chi connectivity index (χ1) is 13.7. The lowest BCUT2D eigenvalue weighted by Gasteiger charge is -2.48. The van der Waals surface area contributed by atoms with Crippen LogP contribution >= 0.6 is 0 Å². The zero-order chi connectivity index (χ0) is 19.7. The molecule has 7 heteroatoms. The van der Waals surface area contributed by atoms with Crippen molar-refractivity contribution in [2.45, 2.75) is 57.4 Å². The van der Waals surface area contributed by atoms with Crippen molar-refractivity contribution < 1.29 is 14.6 Å². The van der Waals surface area contributed by atoms with Crippen LogP contribution in [-0.4, -0.2) is 87.3 Å². The maximum Gasteiger partial charge on any atom is 0.191 e. The van der Waals surface area contributed by atoms with Crippen LogP contribution in [-0.2, 0) is 9.47 Å². The molecule has 0 aromatic carbocycles. The predicted octanol–water partition coefficient (Wildman–Crippen LogP) is 1.37. The van der Waals surface area contributed by atoms with Gasteiger partial charge in [0.2, 0.25) is 0 Å². The lowest BCUT2D eigenvalue weighted by atomic mass is 9.79. The van der Waals surface area contributed by atoms with Crippen LogP contribution in [0.1, 0.15) is 51.9 Å². The molecule has 28 heavy (non-hydrogen) atoms. The Balaban J connectivity index is 1.64. The molecule has 3 fully saturated rings. The summed E-state index contributed by atoms with van der Waals surface area (Å²) in [5, 5.41) is 16.5. The number of hydrogen-bond donors (Lipinski definition) is 3. The Kier molecular flexibility index (Phi) is 8.38. The number of nitrogens with one attached hydrogen (secondary N) is 2. The third-order valence-corrected chi connectivity index (χ3v) is 6.79. The molecule has 0 radical (unpaired) electrons. The molecular weight excluding hydrogens is 356 g/mol. The minimum Gasteiger partial charge on any atom is -0.396 e. The summed E-state index contributed by atoms with van der Waals surface area (Å²) in [6, 6.07) is 0. The zero-order valence-electron chi connectivity index (χ0n) is 17.7. The molecule has 0 bridgehead atoms. The quantitative estimate of drug-likeness (QED) is 0.425. The Morgan fingerprint density at radius 2 is 1.82 bits per heavy atom. The molecule has 0 aromatic heterocycles. The van der Waals surface area contributed by atoms with Crippen LogP contribution in [0, 0.1) is 5.41 Å². The second kappa shape index (κ2) is 10.8. The van der Waals surface area contributed by atoms with Gasteiger partial charge < -0.3 is 25.2 Å². The van der Waals surface area contributed by atoms with Crippen LogP contribution in [0.25, 0.3) is 0 Å². The van der Waals surface area contributed by atoms with Crippen molar-refractivity contribution in [3.63, 3.8) is 0 Å². The van der Waals surface area contributed by atoms with E-state index in [2.05, 4.69) is 22.5 Å². The van der Waals surface area contributed by atoms with E-state index in [0.29, 0.717) is 13.2 Å². The fraction of sp³-hybridized carbons (Fsp3) is 0.952. The molecular formula is C21H40N4O3. The lowest BCUT2D eigenvalue weighted by Crippen LogP contribution is -2.60. The first kappa shape index (κ1) is 21.8. The zero-order valence-corrected chi connectivity index (χ0v) is 17.7. The first-order valence-corrected chi connectivity index (χ1v) is 11.3. The van der Waals surface area contributed by atoms with Gasteiger partial charge in [0.1, 0.15) is 0 Å². The van der Waals surface area contributed by atoms with E-state index in [-0.39, 0.29) is 17.6 Å². The Morgan fingerprint density at radius 1 is 1.04 bits per heavy atom. The molecule has 2 heterocycles. The third kappa shape index (κ3) is 5.59. The standard InChI is InChI=1S/C21H40N4O3/c1-2-22-19(23-16-20(8-12-26)9-13-28-18-20)24-17-21(6-4-3-5-7-21)25-10-14-27-15-11-25/h26H,2-18H2,1H3,(H2,22,23,24). The van der Waals surface area contributed by atoms with Crippen LogP contribution in [0.15, 0.2) is 4.99 Å². The molecule has 0 amide bonds. The highest BCUT2D eigenvalue weighted by Crippen LogP contribution is 2.34. The maximum absolute atomic E-state index is 9.46.